The van der Waals surface area contributed by atoms with Crippen molar-refractivity contribution in [3.63, 3.8) is 0 Å². The van der Waals surface area contributed by atoms with Crippen molar-refractivity contribution in [2.24, 2.45) is 0 Å². The molecule has 9 heteroatoms. The first-order valence-corrected chi connectivity index (χ1v) is 12.6. The third-order valence-electron chi connectivity index (χ3n) is 6.07. The van der Waals surface area contributed by atoms with Crippen LogP contribution in [0.2, 0.25) is 0 Å². The monoisotopic (exact) mass is 474 g/mol. The topological polar surface area (TPSA) is 123 Å². The largest absolute Gasteiger partial charge is 0.395 e. The Morgan fingerprint density at radius 1 is 1.18 bits per heavy atom. The van der Waals surface area contributed by atoms with Crippen molar-refractivity contribution >= 4 is 33.3 Å². The van der Waals surface area contributed by atoms with Crippen LogP contribution in [0.1, 0.15) is 54.8 Å². The Balaban J connectivity index is 0.00000306. The van der Waals surface area contributed by atoms with Crippen molar-refractivity contribution in [3.8, 4) is 0 Å². The lowest BCUT2D eigenvalue weighted by Gasteiger charge is -2.12. The first kappa shape index (κ1) is 25.2. The van der Waals surface area contributed by atoms with E-state index >= 15 is 0 Å². The summed E-state index contributed by atoms with van der Waals surface area (Å²) in [5.41, 5.74) is 6.45. The number of nitrogens with one attached hydrogen (secondary N) is 4. The van der Waals surface area contributed by atoms with Gasteiger partial charge in [0.25, 0.3) is 5.91 Å². The molecular formula is C24H34N4O4S. The Hall–Kier alpha value is -2.46. The summed E-state index contributed by atoms with van der Waals surface area (Å²) in [7, 11) is -1.83. The number of H-pyrrole nitrogens is 1. The number of aliphatic hydroxyl groups excluding tert-OH is 1. The van der Waals surface area contributed by atoms with Gasteiger partial charge in [0.2, 0.25) is 10.0 Å². The van der Waals surface area contributed by atoms with Crippen LogP contribution in [-0.4, -0.2) is 51.2 Å². The predicted molar refractivity (Wildman–Crippen MR) is 132 cm³/mol. The second-order valence-corrected chi connectivity index (χ2v) is 10.00. The van der Waals surface area contributed by atoms with E-state index in [-0.39, 0.29) is 31.4 Å². The molecule has 8 nitrogen and oxygen atoms in total. The van der Waals surface area contributed by atoms with Gasteiger partial charge in [0.15, 0.2) is 0 Å². The van der Waals surface area contributed by atoms with Gasteiger partial charge in [-0.2, -0.15) is 0 Å². The Labute approximate surface area is 195 Å². The van der Waals surface area contributed by atoms with Gasteiger partial charge in [-0.3, -0.25) is 4.79 Å². The third kappa shape index (κ3) is 5.22. The van der Waals surface area contributed by atoms with Crippen molar-refractivity contribution < 1.29 is 18.3 Å². The molecule has 1 amide bonds. The summed E-state index contributed by atoms with van der Waals surface area (Å²) in [5.74, 6) is -0.244. The lowest BCUT2D eigenvalue weighted by atomic mass is 9.92. The summed E-state index contributed by atoms with van der Waals surface area (Å²) < 4.78 is 27.4. The number of carbonyl (C=O) groups excluding carboxylic acids is 1. The van der Waals surface area contributed by atoms with Gasteiger partial charge in [-0.1, -0.05) is 7.43 Å². The minimum Gasteiger partial charge on any atom is -0.395 e. The lowest BCUT2D eigenvalue weighted by Crippen LogP contribution is -2.26. The summed E-state index contributed by atoms with van der Waals surface area (Å²) in [6, 6.07) is 4.58. The first-order valence-electron chi connectivity index (χ1n) is 11.1. The number of hydrogen-bond acceptors (Lipinski definition) is 5. The molecule has 2 heterocycles. The number of anilines is 1. The molecule has 4 rings (SSSR count). The van der Waals surface area contributed by atoms with Gasteiger partial charge in [0, 0.05) is 29.2 Å². The van der Waals surface area contributed by atoms with Crippen molar-refractivity contribution in [1.29, 1.82) is 0 Å². The molecule has 1 aliphatic heterocycles. The van der Waals surface area contributed by atoms with E-state index in [4.69, 9.17) is 5.11 Å². The number of sulfonamides is 1. The third-order valence-corrected chi connectivity index (χ3v) is 7.53. The van der Waals surface area contributed by atoms with E-state index in [2.05, 4.69) is 20.3 Å². The van der Waals surface area contributed by atoms with Gasteiger partial charge in [0.05, 0.1) is 17.1 Å². The Kier molecular flexibility index (Phi) is 8.12. The Morgan fingerprint density at radius 2 is 1.97 bits per heavy atom. The summed E-state index contributed by atoms with van der Waals surface area (Å²) in [6.07, 6.45) is 8.17. The van der Waals surface area contributed by atoms with Crippen molar-refractivity contribution in [2.45, 2.75) is 50.8 Å². The zero-order valence-electron chi connectivity index (χ0n) is 18.3. The maximum Gasteiger partial charge on any atom is 0.256 e. The highest BCUT2D eigenvalue weighted by Gasteiger charge is 2.28. The van der Waals surface area contributed by atoms with Crippen LogP contribution in [0.5, 0.6) is 0 Å². The summed E-state index contributed by atoms with van der Waals surface area (Å²) in [4.78, 5) is 16.4. The molecule has 0 atom stereocenters. The first-order chi connectivity index (χ1) is 15.4. The minimum atomic E-state index is -3.77. The summed E-state index contributed by atoms with van der Waals surface area (Å²) in [6.45, 7) is 0.563. The maximum atomic E-state index is 12.8. The normalized spacial score (nSPS) is 16.3. The van der Waals surface area contributed by atoms with Crippen LogP contribution >= 0.6 is 0 Å². The van der Waals surface area contributed by atoms with Gasteiger partial charge in [-0.15, -0.1) is 0 Å². The van der Waals surface area contributed by atoms with Crippen LogP contribution in [0.3, 0.4) is 0 Å². The molecule has 0 saturated heterocycles. The average Bonchev–Trinajstić information content (AvgIpc) is 3.29. The number of rotatable bonds is 9. The standard InChI is InChI=1S/C23H30N4O4S.CH4/c1-24-10-4-6-17-16-5-2-3-7-20(16)26-22(17)14-19-18-13-15(32(30,31)25-11-12-28)8-9-21(18)27-23(19)29;/h8-9,13-14,24-26,28H,2-7,10-12H2,1H3,(H,27,29);1H4/b19-14-;. The number of benzene rings is 1. The number of aliphatic hydroxyl groups is 1. The maximum absolute atomic E-state index is 12.8. The van der Waals surface area contributed by atoms with E-state index in [1.807, 2.05) is 13.1 Å². The molecule has 0 radical (unpaired) electrons. The van der Waals surface area contributed by atoms with Crippen LogP contribution in [0.4, 0.5) is 5.69 Å². The van der Waals surface area contributed by atoms with E-state index < -0.39 is 10.0 Å². The fraction of sp³-hybridized carbons (Fsp3) is 0.458. The van der Waals surface area contributed by atoms with Crippen LogP contribution in [0, 0.1) is 0 Å². The number of fused-ring (bicyclic) bond motifs is 2. The molecule has 0 bridgehead atoms. The summed E-state index contributed by atoms with van der Waals surface area (Å²) in [5, 5.41) is 15.0. The van der Waals surface area contributed by atoms with Crippen LogP contribution in [-0.2, 0) is 34.1 Å². The molecule has 33 heavy (non-hydrogen) atoms. The molecule has 1 aromatic heterocycles. The predicted octanol–water partition coefficient (Wildman–Crippen LogP) is 2.44. The molecular weight excluding hydrogens is 440 g/mol. The number of aryl methyl sites for hydroxylation is 1. The molecule has 180 valence electrons. The number of aromatic amines is 1. The second kappa shape index (κ2) is 10.6. The highest BCUT2D eigenvalue weighted by atomic mass is 32.2. The SMILES string of the molecule is C.CNCCCc1c(/C=C2\C(=O)Nc3ccc(S(=O)(=O)NCCO)cc32)[nH]c2c1CCCC2. The zero-order chi connectivity index (χ0) is 22.7. The smallest absolute Gasteiger partial charge is 0.256 e. The van der Waals surface area contributed by atoms with E-state index in [9.17, 15) is 13.2 Å². The average molecular weight is 475 g/mol. The number of amides is 1. The number of carbonyl (C=O) groups is 1. The molecule has 2 aromatic rings. The molecule has 0 spiro atoms. The molecule has 0 fully saturated rings. The van der Waals surface area contributed by atoms with Gasteiger partial charge in [-0.25, -0.2) is 13.1 Å². The van der Waals surface area contributed by atoms with Gasteiger partial charge in [-0.05, 0) is 87.5 Å². The molecule has 5 N–H and O–H groups in total. The van der Waals surface area contributed by atoms with Crippen molar-refractivity contribution in [3.05, 3.63) is 46.3 Å². The van der Waals surface area contributed by atoms with E-state index in [0.717, 1.165) is 44.3 Å². The van der Waals surface area contributed by atoms with Crippen LogP contribution in [0.15, 0.2) is 23.1 Å². The quantitative estimate of drug-likeness (QED) is 0.282. The van der Waals surface area contributed by atoms with Gasteiger partial charge >= 0.3 is 0 Å². The molecule has 0 unspecified atom stereocenters. The number of aromatic nitrogens is 1. The second-order valence-electron chi connectivity index (χ2n) is 8.23. The fourth-order valence-electron chi connectivity index (χ4n) is 4.51. The fourth-order valence-corrected chi connectivity index (χ4v) is 5.56. The summed E-state index contributed by atoms with van der Waals surface area (Å²) >= 11 is 0. The number of hydrogen-bond donors (Lipinski definition) is 5. The van der Waals surface area contributed by atoms with E-state index in [1.54, 1.807) is 6.07 Å². The molecule has 0 saturated carbocycles. The van der Waals surface area contributed by atoms with Crippen molar-refractivity contribution in [1.82, 2.24) is 15.0 Å². The zero-order valence-corrected chi connectivity index (χ0v) is 19.1. The van der Waals surface area contributed by atoms with Crippen LogP contribution in [0.25, 0.3) is 11.6 Å². The molecule has 1 aromatic carbocycles. The van der Waals surface area contributed by atoms with Gasteiger partial charge < -0.3 is 20.7 Å². The van der Waals surface area contributed by atoms with Crippen molar-refractivity contribution in [2.75, 3.05) is 32.1 Å². The van der Waals surface area contributed by atoms with Gasteiger partial charge in [0.1, 0.15) is 0 Å². The Bertz CT molecular complexity index is 1150. The van der Waals surface area contributed by atoms with E-state index in [1.165, 1.54) is 35.4 Å². The van der Waals surface area contributed by atoms with E-state index in [0.29, 0.717) is 16.8 Å². The highest BCUT2D eigenvalue weighted by Crippen LogP contribution is 2.36. The van der Waals surface area contributed by atoms with Crippen LogP contribution < -0.4 is 15.4 Å². The highest BCUT2D eigenvalue weighted by molar-refractivity contribution is 7.89. The molecule has 2 aliphatic rings. The minimum absolute atomic E-state index is 0. The lowest BCUT2D eigenvalue weighted by molar-refractivity contribution is -0.110. The Morgan fingerprint density at radius 3 is 2.73 bits per heavy atom. The molecule has 1 aliphatic carbocycles.